The molecule has 0 spiro atoms. The summed E-state index contributed by atoms with van der Waals surface area (Å²) in [7, 11) is 0. The number of nitrogens with one attached hydrogen (secondary N) is 1. The van der Waals surface area contributed by atoms with Crippen molar-refractivity contribution in [3.63, 3.8) is 0 Å². The molecule has 5 heteroatoms. The van der Waals surface area contributed by atoms with Crippen LogP contribution in [0.3, 0.4) is 0 Å². The second-order valence-electron chi connectivity index (χ2n) is 4.17. The molecule has 0 bridgehead atoms. The molecular formula is C12H17ClN4. The van der Waals surface area contributed by atoms with E-state index >= 15 is 0 Å². The first-order valence-corrected chi connectivity index (χ1v) is 6.32. The quantitative estimate of drug-likeness (QED) is 0.832. The molecule has 1 atom stereocenters. The van der Waals surface area contributed by atoms with Crippen molar-refractivity contribution in [3.05, 3.63) is 24.0 Å². The van der Waals surface area contributed by atoms with Gasteiger partial charge >= 0.3 is 0 Å². The number of aromatic nitrogens is 3. The normalized spacial score (nSPS) is 12.9. The fraction of sp³-hybridized carbons (Fsp3) is 0.500. The molecule has 0 radical (unpaired) electrons. The van der Waals surface area contributed by atoms with E-state index in [1.165, 1.54) is 5.56 Å². The third-order valence-corrected chi connectivity index (χ3v) is 3.26. The lowest BCUT2D eigenvalue weighted by atomic mass is 10.2. The van der Waals surface area contributed by atoms with Crippen molar-refractivity contribution in [1.29, 1.82) is 0 Å². The maximum atomic E-state index is 6.09. The standard InChI is InChI=1S/C12H17ClN4/c1-3-10(13)4-5-14-11-6-9(2)7-12-15-8-16-17(11)12/h6-8,10,14H,3-5H2,1-2H3. The number of rotatable bonds is 5. The van der Waals surface area contributed by atoms with E-state index in [-0.39, 0.29) is 5.38 Å². The third-order valence-electron chi connectivity index (χ3n) is 2.73. The van der Waals surface area contributed by atoms with Gasteiger partial charge in [0.15, 0.2) is 5.65 Å². The maximum absolute atomic E-state index is 6.09. The molecule has 0 aliphatic heterocycles. The molecule has 0 saturated carbocycles. The predicted molar refractivity (Wildman–Crippen MR) is 70.8 cm³/mol. The van der Waals surface area contributed by atoms with Crippen molar-refractivity contribution in [3.8, 4) is 0 Å². The Hall–Kier alpha value is -1.29. The highest BCUT2D eigenvalue weighted by molar-refractivity contribution is 6.20. The molecule has 0 aliphatic rings. The number of anilines is 1. The van der Waals surface area contributed by atoms with Crippen LogP contribution in [0.5, 0.6) is 0 Å². The van der Waals surface area contributed by atoms with Crippen molar-refractivity contribution in [2.24, 2.45) is 0 Å². The Labute approximate surface area is 106 Å². The zero-order valence-corrected chi connectivity index (χ0v) is 10.9. The molecule has 2 aromatic rings. The Balaban J connectivity index is 2.09. The number of nitrogens with zero attached hydrogens (tertiary/aromatic N) is 3. The summed E-state index contributed by atoms with van der Waals surface area (Å²) in [6.45, 7) is 5.00. The minimum absolute atomic E-state index is 0.235. The van der Waals surface area contributed by atoms with E-state index < -0.39 is 0 Å². The predicted octanol–water partition coefficient (Wildman–Crippen LogP) is 2.86. The Morgan fingerprint density at radius 1 is 1.47 bits per heavy atom. The Morgan fingerprint density at radius 2 is 2.29 bits per heavy atom. The molecule has 0 amide bonds. The molecule has 0 fully saturated rings. The Bertz CT molecular complexity index is 494. The van der Waals surface area contributed by atoms with Crippen LogP contribution in [-0.2, 0) is 0 Å². The van der Waals surface area contributed by atoms with Crippen molar-refractivity contribution in [2.45, 2.75) is 32.1 Å². The van der Waals surface area contributed by atoms with Crippen LogP contribution in [0.15, 0.2) is 18.5 Å². The third kappa shape index (κ3) is 2.88. The number of hydrogen-bond acceptors (Lipinski definition) is 3. The summed E-state index contributed by atoms with van der Waals surface area (Å²) in [5.41, 5.74) is 2.04. The van der Waals surface area contributed by atoms with Crippen molar-refractivity contribution in [1.82, 2.24) is 14.6 Å². The molecule has 0 aliphatic carbocycles. The molecule has 1 N–H and O–H groups in total. The van der Waals surface area contributed by atoms with Crippen LogP contribution in [0.4, 0.5) is 5.82 Å². The smallest absolute Gasteiger partial charge is 0.157 e. The molecule has 92 valence electrons. The van der Waals surface area contributed by atoms with E-state index in [9.17, 15) is 0 Å². The van der Waals surface area contributed by atoms with Gasteiger partial charge in [0.2, 0.25) is 0 Å². The number of aryl methyl sites for hydroxylation is 1. The van der Waals surface area contributed by atoms with Gasteiger partial charge in [0, 0.05) is 11.9 Å². The topological polar surface area (TPSA) is 42.2 Å². The summed E-state index contributed by atoms with van der Waals surface area (Å²) in [4.78, 5) is 4.19. The number of alkyl halides is 1. The first-order valence-electron chi connectivity index (χ1n) is 5.89. The highest BCUT2D eigenvalue weighted by atomic mass is 35.5. The van der Waals surface area contributed by atoms with Crippen LogP contribution in [0.1, 0.15) is 25.3 Å². The van der Waals surface area contributed by atoms with Gasteiger partial charge in [-0.1, -0.05) is 6.92 Å². The molecule has 1 unspecified atom stereocenters. The Kier molecular flexibility index (Phi) is 3.84. The van der Waals surface area contributed by atoms with Gasteiger partial charge < -0.3 is 5.32 Å². The summed E-state index contributed by atoms with van der Waals surface area (Å²) >= 11 is 6.09. The summed E-state index contributed by atoms with van der Waals surface area (Å²) in [6.07, 6.45) is 3.51. The van der Waals surface area contributed by atoms with Gasteiger partial charge in [0.05, 0.1) is 0 Å². The van der Waals surface area contributed by atoms with Gasteiger partial charge in [-0.3, -0.25) is 0 Å². The second-order valence-corrected chi connectivity index (χ2v) is 4.79. The van der Waals surface area contributed by atoms with Gasteiger partial charge in [0.1, 0.15) is 12.1 Å². The molecule has 0 saturated heterocycles. The van der Waals surface area contributed by atoms with Crippen LogP contribution in [0.2, 0.25) is 0 Å². The minimum atomic E-state index is 0.235. The van der Waals surface area contributed by atoms with E-state index in [1.807, 2.05) is 10.6 Å². The van der Waals surface area contributed by atoms with E-state index in [0.29, 0.717) is 0 Å². The fourth-order valence-corrected chi connectivity index (χ4v) is 1.85. The van der Waals surface area contributed by atoms with Gasteiger partial charge in [0.25, 0.3) is 0 Å². The van der Waals surface area contributed by atoms with Crippen molar-refractivity contribution < 1.29 is 0 Å². The average Bonchev–Trinajstić information content (AvgIpc) is 2.76. The summed E-state index contributed by atoms with van der Waals surface area (Å²) in [5, 5.41) is 7.78. The van der Waals surface area contributed by atoms with E-state index in [0.717, 1.165) is 30.9 Å². The van der Waals surface area contributed by atoms with Crippen LogP contribution in [0, 0.1) is 6.92 Å². The lowest BCUT2D eigenvalue weighted by Crippen LogP contribution is -2.11. The van der Waals surface area contributed by atoms with Crippen molar-refractivity contribution >= 4 is 23.1 Å². The SMILES string of the molecule is CCC(Cl)CCNc1cc(C)cc2ncnn12. The first kappa shape index (κ1) is 12.2. The van der Waals surface area contributed by atoms with Gasteiger partial charge in [-0.05, 0) is 37.5 Å². The van der Waals surface area contributed by atoms with Gasteiger partial charge in [-0.15, -0.1) is 11.6 Å². The maximum Gasteiger partial charge on any atom is 0.157 e. The lowest BCUT2D eigenvalue weighted by Gasteiger charge is -2.10. The lowest BCUT2D eigenvalue weighted by molar-refractivity contribution is 0.749. The van der Waals surface area contributed by atoms with Crippen LogP contribution in [0.25, 0.3) is 5.65 Å². The van der Waals surface area contributed by atoms with Crippen LogP contribution >= 0.6 is 11.6 Å². The summed E-state index contributed by atoms with van der Waals surface area (Å²) in [6, 6.07) is 4.07. The summed E-state index contributed by atoms with van der Waals surface area (Å²) < 4.78 is 1.81. The highest BCUT2D eigenvalue weighted by Crippen LogP contribution is 2.14. The van der Waals surface area contributed by atoms with E-state index in [1.54, 1.807) is 6.33 Å². The van der Waals surface area contributed by atoms with Gasteiger partial charge in [-0.2, -0.15) is 9.61 Å². The first-order chi connectivity index (χ1) is 8.20. The average molecular weight is 253 g/mol. The fourth-order valence-electron chi connectivity index (χ4n) is 1.74. The molecular weight excluding hydrogens is 236 g/mol. The molecule has 0 aromatic carbocycles. The number of pyridine rings is 1. The minimum Gasteiger partial charge on any atom is -0.370 e. The number of hydrogen-bond donors (Lipinski definition) is 1. The molecule has 17 heavy (non-hydrogen) atoms. The van der Waals surface area contributed by atoms with E-state index in [4.69, 9.17) is 11.6 Å². The molecule has 2 heterocycles. The number of fused-ring (bicyclic) bond motifs is 1. The highest BCUT2D eigenvalue weighted by Gasteiger charge is 2.05. The number of halogens is 1. The second kappa shape index (κ2) is 5.36. The van der Waals surface area contributed by atoms with Crippen LogP contribution < -0.4 is 5.32 Å². The van der Waals surface area contributed by atoms with E-state index in [2.05, 4.69) is 35.3 Å². The molecule has 2 aromatic heterocycles. The molecule has 4 nitrogen and oxygen atoms in total. The summed E-state index contributed by atoms with van der Waals surface area (Å²) in [5.74, 6) is 0.970. The Morgan fingerprint density at radius 3 is 3.06 bits per heavy atom. The monoisotopic (exact) mass is 252 g/mol. The molecule has 2 rings (SSSR count). The zero-order valence-electron chi connectivity index (χ0n) is 10.2. The zero-order chi connectivity index (χ0) is 12.3. The largest absolute Gasteiger partial charge is 0.370 e. The van der Waals surface area contributed by atoms with Gasteiger partial charge in [-0.25, -0.2) is 4.98 Å². The van der Waals surface area contributed by atoms with Crippen molar-refractivity contribution in [2.75, 3.05) is 11.9 Å². The van der Waals surface area contributed by atoms with Crippen LogP contribution in [-0.4, -0.2) is 26.5 Å².